The maximum absolute atomic E-state index is 2.49. The van der Waals surface area contributed by atoms with Gasteiger partial charge in [-0.2, -0.15) is 0 Å². The van der Waals surface area contributed by atoms with Crippen molar-refractivity contribution in [2.45, 2.75) is 65.2 Å². The van der Waals surface area contributed by atoms with E-state index in [4.69, 9.17) is 0 Å². The van der Waals surface area contributed by atoms with Crippen LogP contribution in [0.25, 0.3) is 0 Å². The van der Waals surface area contributed by atoms with Crippen LogP contribution < -0.4 is 0 Å². The quantitative estimate of drug-likeness (QED) is 0.592. The van der Waals surface area contributed by atoms with Crippen LogP contribution in [0.1, 0.15) is 69.4 Å². The van der Waals surface area contributed by atoms with E-state index in [1.165, 1.54) is 44.1 Å². The maximum Gasteiger partial charge on any atom is -0.0157 e. The summed E-state index contributed by atoms with van der Waals surface area (Å²) in [5.41, 5.74) is 3.52. The topological polar surface area (TPSA) is 0 Å². The molecule has 0 heteroatoms. The molecule has 0 N–H and O–H groups in total. The fraction of sp³-hybridized carbons (Fsp3) is 0.647. The van der Waals surface area contributed by atoms with E-state index in [2.05, 4.69) is 45.0 Å². The number of hydrogen-bond acceptors (Lipinski definition) is 0. The monoisotopic (exact) mass is 230 g/mol. The molecule has 0 heterocycles. The molecule has 1 aliphatic carbocycles. The minimum atomic E-state index is 0.575. The lowest BCUT2D eigenvalue weighted by molar-refractivity contribution is 0.253. The van der Waals surface area contributed by atoms with E-state index in [1.807, 2.05) is 0 Å². The molecule has 0 nitrogen and oxygen atoms in total. The molecule has 1 saturated carbocycles. The molecular formula is C17H26. The van der Waals surface area contributed by atoms with Crippen LogP contribution in [0.3, 0.4) is 0 Å². The molecule has 0 bridgehead atoms. The van der Waals surface area contributed by atoms with Crippen molar-refractivity contribution in [3.63, 3.8) is 0 Å². The van der Waals surface area contributed by atoms with Gasteiger partial charge in [0.05, 0.1) is 0 Å². The predicted octanol–water partition coefficient (Wildman–Crippen LogP) is 5.46. The summed E-state index contributed by atoms with van der Waals surface area (Å²) in [5, 5.41) is 0. The van der Waals surface area contributed by atoms with Gasteiger partial charge < -0.3 is 0 Å². The molecule has 2 unspecified atom stereocenters. The van der Waals surface area contributed by atoms with Crippen molar-refractivity contribution in [3.05, 3.63) is 35.4 Å². The first-order valence-corrected chi connectivity index (χ1v) is 7.19. The minimum absolute atomic E-state index is 0.575. The van der Waals surface area contributed by atoms with Crippen LogP contribution in [-0.2, 0) is 0 Å². The summed E-state index contributed by atoms with van der Waals surface area (Å²) in [6.07, 6.45) is 8.35. The predicted molar refractivity (Wildman–Crippen MR) is 75.4 cm³/mol. The van der Waals surface area contributed by atoms with E-state index in [0.29, 0.717) is 5.41 Å². The zero-order valence-corrected chi connectivity index (χ0v) is 11.6. The SMILES string of the molecule is CCC1(C)CCCCC(c2ccc(C)cc2)C1. The van der Waals surface area contributed by atoms with Crippen molar-refractivity contribution in [3.8, 4) is 0 Å². The van der Waals surface area contributed by atoms with Gasteiger partial charge in [0.1, 0.15) is 0 Å². The molecule has 0 amide bonds. The van der Waals surface area contributed by atoms with E-state index < -0.39 is 0 Å². The Morgan fingerprint density at radius 2 is 1.88 bits per heavy atom. The van der Waals surface area contributed by atoms with Gasteiger partial charge in [0.25, 0.3) is 0 Å². The van der Waals surface area contributed by atoms with Crippen LogP contribution in [-0.4, -0.2) is 0 Å². The Hall–Kier alpha value is -0.780. The number of benzene rings is 1. The van der Waals surface area contributed by atoms with Gasteiger partial charge in [-0.15, -0.1) is 0 Å². The van der Waals surface area contributed by atoms with Gasteiger partial charge in [-0.3, -0.25) is 0 Å². The molecule has 1 aromatic rings. The Bertz CT molecular complexity index is 349. The van der Waals surface area contributed by atoms with E-state index in [9.17, 15) is 0 Å². The smallest absolute Gasteiger partial charge is 0.0157 e. The van der Waals surface area contributed by atoms with Crippen molar-refractivity contribution in [2.75, 3.05) is 0 Å². The maximum atomic E-state index is 2.49. The second-order valence-corrected chi connectivity index (χ2v) is 6.22. The molecular weight excluding hydrogens is 204 g/mol. The van der Waals surface area contributed by atoms with E-state index in [1.54, 1.807) is 5.56 Å². The summed E-state index contributed by atoms with van der Waals surface area (Å²) < 4.78 is 0. The van der Waals surface area contributed by atoms with Crippen molar-refractivity contribution in [1.82, 2.24) is 0 Å². The fourth-order valence-corrected chi connectivity index (χ4v) is 3.19. The molecule has 1 aliphatic rings. The van der Waals surface area contributed by atoms with E-state index >= 15 is 0 Å². The Morgan fingerprint density at radius 1 is 1.18 bits per heavy atom. The van der Waals surface area contributed by atoms with Crippen molar-refractivity contribution < 1.29 is 0 Å². The molecule has 0 aliphatic heterocycles. The lowest BCUT2D eigenvalue weighted by atomic mass is 9.75. The minimum Gasteiger partial charge on any atom is -0.0649 e. The van der Waals surface area contributed by atoms with Gasteiger partial charge in [-0.1, -0.05) is 62.9 Å². The third-order valence-corrected chi connectivity index (χ3v) is 4.72. The third kappa shape index (κ3) is 3.12. The summed E-state index contributed by atoms with van der Waals surface area (Å²) in [4.78, 5) is 0. The van der Waals surface area contributed by atoms with Crippen molar-refractivity contribution in [2.24, 2.45) is 5.41 Å². The van der Waals surface area contributed by atoms with Crippen LogP contribution in [0.2, 0.25) is 0 Å². The zero-order valence-electron chi connectivity index (χ0n) is 11.6. The highest BCUT2D eigenvalue weighted by Gasteiger charge is 2.29. The molecule has 17 heavy (non-hydrogen) atoms. The van der Waals surface area contributed by atoms with Gasteiger partial charge in [0, 0.05) is 0 Å². The Kier molecular flexibility index (Phi) is 3.91. The van der Waals surface area contributed by atoms with Crippen LogP contribution >= 0.6 is 0 Å². The highest BCUT2D eigenvalue weighted by Crippen LogP contribution is 2.43. The molecule has 0 aromatic heterocycles. The van der Waals surface area contributed by atoms with Gasteiger partial charge in [0.2, 0.25) is 0 Å². The highest BCUT2D eigenvalue weighted by molar-refractivity contribution is 5.25. The van der Waals surface area contributed by atoms with Gasteiger partial charge in [-0.25, -0.2) is 0 Å². The average molecular weight is 230 g/mol. The summed E-state index contributed by atoms with van der Waals surface area (Å²) in [7, 11) is 0. The van der Waals surface area contributed by atoms with Crippen molar-refractivity contribution >= 4 is 0 Å². The van der Waals surface area contributed by atoms with Gasteiger partial charge in [0.15, 0.2) is 0 Å². The molecule has 2 rings (SSSR count). The summed E-state index contributed by atoms with van der Waals surface area (Å²) in [5.74, 6) is 0.794. The third-order valence-electron chi connectivity index (χ3n) is 4.72. The lowest BCUT2D eigenvalue weighted by Crippen LogP contribution is -2.16. The summed E-state index contributed by atoms with van der Waals surface area (Å²) in [6.45, 7) is 7.02. The van der Waals surface area contributed by atoms with Gasteiger partial charge in [-0.05, 0) is 43.1 Å². The Morgan fingerprint density at radius 3 is 2.53 bits per heavy atom. The van der Waals surface area contributed by atoms with Gasteiger partial charge >= 0.3 is 0 Å². The number of aryl methyl sites for hydroxylation is 1. The van der Waals surface area contributed by atoms with Crippen LogP contribution in [0, 0.1) is 12.3 Å². The normalized spacial score (nSPS) is 29.9. The Balaban J connectivity index is 2.16. The Labute approximate surface area is 106 Å². The average Bonchev–Trinajstić information content (AvgIpc) is 2.53. The van der Waals surface area contributed by atoms with Crippen LogP contribution in [0.4, 0.5) is 0 Å². The van der Waals surface area contributed by atoms with E-state index in [-0.39, 0.29) is 0 Å². The molecule has 1 fully saturated rings. The molecule has 0 spiro atoms. The second kappa shape index (κ2) is 5.25. The fourth-order valence-electron chi connectivity index (χ4n) is 3.19. The first-order valence-electron chi connectivity index (χ1n) is 7.19. The number of rotatable bonds is 2. The largest absolute Gasteiger partial charge is 0.0649 e. The number of hydrogen-bond donors (Lipinski definition) is 0. The molecule has 94 valence electrons. The summed E-state index contributed by atoms with van der Waals surface area (Å²) in [6, 6.07) is 9.23. The molecule has 1 aromatic carbocycles. The molecule has 0 radical (unpaired) electrons. The highest BCUT2D eigenvalue weighted by atomic mass is 14.3. The van der Waals surface area contributed by atoms with Crippen LogP contribution in [0.15, 0.2) is 24.3 Å². The van der Waals surface area contributed by atoms with Crippen molar-refractivity contribution in [1.29, 1.82) is 0 Å². The lowest BCUT2D eigenvalue weighted by Gasteiger charge is -2.30. The first kappa shape index (κ1) is 12.7. The summed E-state index contributed by atoms with van der Waals surface area (Å²) >= 11 is 0. The molecule has 0 saturated heterocycles. The first-order chi connectivity index (χ1) is 8.13. The second-order valence-electron chi connectivity index (χ2n) is 6.22. The van der Waals surface area contributed by atoms with Crippen LogP contribution in [0.5, 0.6) is 0 Å². The standard InChI is InChI=1S/C17H26/c1-4-17(3)12-6-5-7-16(13-17)15-10-8-14(2)9-11-15/h8-11,16H,4-7,12-13H2,1-3H3. The zero-order chi connectivity index (χ0) is 12.3. The van der Waals surface area contributed by atoms with E-state index in [0.717, 1.165) is 5.92 Å². The molecule has 2 atom stereocenters.